The fourth-order valence-corrected chi connectivity index (χ4v) is 6.50. The van der Waals surface area contributed by atoms with E-state index in [2.05, 4.69) is 15.1 Å². The van der Waals surface area contributed by atoms with Crippen molar-refractivity contribution in [1.29, 1.82) is 0 Å². The molecule has 0 saturated carbocycles. The second-order valence-electron chi connectivity index (χ2n) is 10.1. The van der Waals surface area contributed by atoms with Gasteiger partial charge in [-0.3, -0.25) is 4.79 Å². The number of methoxy groups -OCH3 is 1. The Bertz CT molecular complexity index is 1420. The van der Waals surface area contributed by atoms with Crippen molar-refractivity contribution in [3.05, 3.63) is 66.5 Å². The number of rotatable bonds is 9. The highest BCUT2D eigenvalue weighted by Crippen LogP contribution is 2.23. The lowest BCUT2D eigenvalue weighted by Crippen LogP contribution is -2.46. The molecule has 3 aromatic rings. The quantitative estimate of drug-likeness (QED) is 0.378. The molecule has 2 fully saturated rings. The molecule has 2 aromatic carbocycles. The average Bonchev–Trinajstić information content (AvgIpc) is 3.38. The molecule has 2 aliphatic rings. The molecule has 0 bridgehead atoms. The zero-order valence-corrected chi connectivity index (χ0v) is 23.8. The predicted octanol–water partition coefficient (Wildman–Crippen LogP) is 3.20. The smallest absolute Gasteiger partial charge is 0.243 e. The summed E-state index contributed by atoms with van der Waals surface area (Å²) >= 11 is 0. The summed E-state index contributed by atoms with van der Waals surface area (Å²) in [4.78, 5) is 17.4. The molecule has 218 valence electrons. The van der Waals surface area contributed by atoms with Gasteiger partial charge in [-0.1, -0.05) is 0 Å². The van der Waals surface area contributed by atoms with Gasteiger partial charge in [-0.05, 0) is 79.9 Å². The van der Waals surface area contributed by atoms with Crippen molar-refractivity contribution in [3.8, 4) is 17.0 Å². The Kier molecular flexibility index (Phi) is 9.11. The van der Waals surface area contributed by atoms with Gasteiger partial charge in [0, 0.05) is 44.9 Å². The van der Waals surface area contributed by atoms with E-state index in [1.54, 1.807) is 29.2 Å². The standard InChI is InChI=1S/C29H34FN5O5S/c1-39-24-9-11-26(12-10-24)41(37,38)35(20-25-4-2-19-40-25)21-29(36)34-16-3-15-33(17-18-34)28-14-13-27(31-32-28)22-5-7-23(30)8-6-22/h5-14,25H,2-4,15-21H2,1H3/t25-/m1/s1. The molecule has 2 aliphatic heterocycles. The van der Waals surface area contributed by atoms with E-state index in [4.69, 9.17) is 9.47 Å². The van der Waals surface area contributed by atoms with E-state index in [1.165, 1.54) is 35.7 Å². The maximum Gasteiger partial charge on any atom is 0.243 e. The van der Waals surface area contributed by atoms with Gasteiger partial charge in [-0.25, -0.2) is 12.8 Å². The van der Waals surface area contributed by atoms with E-state index >= 15 is 0 Å². The van der Waals surface area contributed by atoms with Crippen LogP contribution < -0.4 is 9.64 Å². The number of aromatic nitrogens is 2. The Morgan fingerprint density at radius 2 is 1.78 bits per heavy atom. The van der Waals surface area contributed by atoms with E-state index < -0.39 is 10.0 Å². The fraction of sp³-hybridized carbons (Fsp3) is 0.414. The Hall–Kier alpha value is -3.61. The van der Waals surface area contributed by atoms with E-state index in [1.807, 2.05) is 12.1 Å². The summed E-state index contributed by atoms with van der Waals surface area (Å²) in [5.41, 5.74) is 1.42. The van der Waals surface area contributed by atoms with E-state index in [0.29, 0.717) is 56.5 Å². The Labute approximate surface area is 239 Å². The minimum Gasteiger partial charge on any atom is -0.497 e. The third kappa shape index (κ3) is 7.00. The summed E-state index contributed by atoms with van der Waals surface area (Å²) in [6, 6.07) is 16.0. The van der Waals surface area contributed by atoms with E-state index in [9.17, 15) is 17.6 Å². The summed E-state index contributed by atoms with van der Waals surface area (Å²) in [5.74, 6) is 0.678. The first kappa shape index (κ1) is 28.9. The summed E-state index contributed by atoms with van der Waals surface area (Å²) in [6.07, 6.45) is 2.07. The highest BCUT2D eigenvalue weighted by atomic mass is 32.2. The number of hydrogen-bond donors (Lipinski definition) is 0. The number of halogens is 1. The number of nitrogens with zero attached hydrogens (tertiary/aromatic N) is 5. The van der Waals surface area contributed by atoms with Gasteiger partial charge in [-0.2, -0.15) is 4.31 Å². The van der Waals surface area contributed by atoms with Gasteiger partial charge >= 0.3 is 0 Å². The van der Waals surface area contributed by atoms with Crippen LogP contribution in [0.25, 0.3) is 11.3 Å². The van der Waals surface area contributed by atoms with Crippen molar-refractivity contribution in [1.82, 2.24) is 19.4 Å². The SMILES string of the molecule is COc1ccc(S(=O)(=O)N(CC(=O)N2CCCN(c3ccc(-c4ccc(F)cc4)nn3)CC2)C[C@H]2CCCO2)cc1. The zero-order valence-electron chi connectivity index (χ0n) is 23.0. The highest BCUT2D eigenvalue weighted by molar-refractivity contribution is 7.89. The molecule has 1 amide bonds. The molecule has 5 rings (SSSR count). The van der Waals surface area contributed by atoms with Crippen molar-refractivity contribution in [2.75, 3.05) is 57.9 Å². The summed E-state index contributed by atoms with van der Waals surface area (Å²) in [6.45, 7) is 2.59. The van der Waals surface area contributed by atoms with Gasteiger partial charge in [0.15, 0.2) is 5.82 Å². The Balaban J connectivity index is 1.25. The Morgan fingerprint density at radius 3 is 2.44 bits per heavy atom. The van der Waals surface area contributed by atoms with Gasteiger partial charge in [0.05, 0.1) is 30.3 Å². The van der Waals surface area contributed by atoms with Crippen LogP contribution in [0.15, 0.2) is 65.6 Å². The molecule has 41 heavy (non-hydrogen) atoms. The van der Waals surface area contributed by atoms with Crippen LogP contribution in [-0.4, -0.2) is 92.8 Å². The molecule has 0 radical (unpaired) electrons. The van der Waals surface area contributed by atoms with Crippen LogP contribution in [0.3, 0.4) is 0 Å². The highest BCUT2D eigenvalue weighted by Gasteiger charge is 2.32. The zero-order chi connectivity index (χ0) is 28.8. The van der Waals surface area contributed by atoms with Crippen molar-refractivity contribution in [3.63, 3.8) is 0 Å². The lowest BCUT2D eigenvalue weighted by molar-refractivity contribution is -0.131. The second-order valence-corrected chi connectivity index (χ2v) is 12.1. The molecule has 3 heterocycles. The minimum absolute atomic E-state index is 0.105. The topological polar surface area (TPSA) is 105 Å². The molecule has 0 unspecified atom stereocenters. The fourth-order valence-electron chi connectivity index (χ4n) is 5.08. The number of anilines is 1. The van der Waals surface area contributed by atoms with Crippen LogP contribution in [0, 0.1) is 5.82 Å². The van der Waals surface area contributed by atoms with Crippen LogP contribution in [0.2, 0.25) is 0 Å². The largest absolute Gasteiger partial charge is 0.497 e. The molecule has 1 aromatic heterocycles. The molecule has 12 heteroatoms. The number of carbonyl (C=O) groups excluding carboxylic acids is 1. The first-order valence-electron chi connectivity index (χ1n) is 13.7. The summed E-state index contributed by atoms with van der Waals surface area (Å²) in [7, 11) is -2.42. The molecule has 0 spiro atoms. The minimum atomic E-state index is -3.94. The number of hydrogen-bond acceptors (Lipinski definition) is 8. The first-order valence-corrected chi connectivity index (χ1v) is 15.2. The van der Waals surface area contributed by atoms with Crippen LogP contribution >= 0.6 is 0 Å². The molecule has 10 nitrogen and oxygen atoms in total. The number of carbonyl (C=O) groups is 1. The van der Waals surface area contributed by atoms with Crippen LogP contribution in [0.4, 0.5) is 10.2 Å². The first-order chi connectivity index (χ1) is 19.8. The molecule has 0 N–H and O–H groups in total. The van der Waals surface area contributed by atoms with Crippen molar-refractivity contribution in [2.45, 2.75) is 30.3 Å². The second kappa shape index (κ2) is 12.9. The van der Waals surface area contributed by atoms with Crippen LogP contribution in [0.5, 0.6) is 5.75 Å². The van der Waals surface area contributed by atoms with E-state index in [0.717, 1.165) is 18.4 Å². The van der Waals surface area contributed by atoms with Gasteiger partial charge in [0.1, 0.15) is 11.6 Å². The normalized spacial score (nSPS) is 18.0. The number of sulfonamides is 1. The van der Waals surface area contributed by atoms with Crippen molar-refractivity contribution >= 4 is 21.7 Å². The van der Waals surface area contributed by atoms with Gasteiger partial charge in [-0.15, -0.1) is 10.2 Å². The molecule has 2 saturated heterocycles. The summed E-state index contributed by atoms with van der Waals surface area (Å²) in [5, 5.41) is 8.67. The number of benzene rings is 2. The number of ether oxygens (including phenoxy) is 2. The van der Waals surface area contributed by atoms with Gasteiger partial charge in [0.2, 0.25) is 15.9 Å². The maximum absolute atomic E-state index is 13.6. The lowest BCUT2D eigenvalue weighted by atomic mass is 10.1. The van der Waals surface area contributed by atoms with Crippen LogP contribution in [-0.2, 0) is 19.6 Å². The number of amides is 1. The monoisotopic (exact) mass is 583 g/mol. The molecule has 0 aliphatic carbocycles. The van der Waals surface area contributed by atoms with Crippen molar-refractivity contribution in [2.24, 2.45) is 0 Å². The third-order valence-corrected chi connectivity index (χ3v) is 9.23. The van der Waals surface area contributed by atoms with Crippen LogP contribution in [0.1, 0.15) is 19.3 Å². The Morgan fingerprint density at radius 1 is 1.00 bits per heavy atom. The average molecular weight is 584 g/mol. The molecule has 1 atom stereocenters. The summed E-state index contributed by atoms with van der Waals surface area (Å²) < 4.78 is 52.6. The molecular weight excluding hydrogens is 549 g/mol. The van der Waals surface area contributed by atoms with E-state index in [-0.39, 0.29) is 35.8 Å². The predicted molar refractivity (Wildman–Crippen MR) is 152 cm³/mol. The third-order valence-electron chi connectivity index (χ3n) is 7.40. The van der Waals surface area contributed by atoms with Gasteiger partial charge < -0.3 is 19.3 Å². The molecular formula is C29H34FN5O5S. The maximum atomic E-state index is 13.6. The lowest BCUT2D eigenvalue weighted by Gasteiger charge is -2.28. The van der Waals surface area contributed by atoms with Gasteiger partial charge in [0.25, 0.3) is 0 Å². The van der Waals surface area contributed by atoms with Crippen molar-refractivity contribution < 1.29 is 27.1 Å².